The fourth-order valence-electron chi connectivity index (χ4n) is 2.05. The Hall–Kier alpha value is -2.03. The minimum atomic E-state index is 1.00. The highest BCUT2D eigenvalue weighted by Crippen LogP contribution is 2.23. The van der Waals surface area contributed by atoms with Crippen LogP contribution >= 0.6 is 0 Å². The second-order valence-corrected chi connectivity index (χ2v) is 4.06. The third kappa shape index (κ3) is 1.25. The number of hydrogen-bond donors (Lipinski definition) is 0. The number of imidazole rings is 1. The van der Waals surface area contributed by atoms with Crippen molar-refractivity contribution in [1.82, 2.24) is 14.1 Å². The van der Waals surface area contributed by atoms with E-state index in [1.807, 2.05) is 24.0 Å². The molecule has 0 aliphatic rings. The summed E-state index contributed by atoms with van der Waals surface area (Å²) in [4.78, 5) is 4.36. The summed E-state index contributed by atoms with van der Waals surface area (Å²) in [5.41, 5.74) is 2.39. The Kier molecular flexibility index (Phi) is 1.86. The summed E-state index contributed by atoms with van der Waals surface area (Å²) in [6.07, 6.45) is 5.86. The lowest BCUT2D eigenvalue weighted by molar-refractivity contribution is 0.924. The van der Waals surface area contributed by atoms with Gasteiger partial charge in [0.05, 0.1) is 0 Å². The van der Waals surface area contributed by atoms with E-state index in [0.717, 1.165) is 11.4 Å². The summed E-state index contributed by atoms with van der Waals surface area (Å²) in [6, 6.07) is 8.55. The van der Waals surface area contributed by atoms with Crippen LogP contribution in [-0.2, 0) is 14.1 Å². The van der Waals surface area contributed by atoms with E-state index in [1.54, 1.807) is 0 Å². The summed E-state index contributed by atoms with van der Waals surface area (Å²) in [5, 5.41) is 1.26. The number of fused-ring (bicyclic) bond motifs is 1. The number of rotatable bonds is 1. The minimum absolute atomic E-state index is 1.00. The zero-order valence-corrected chi connectivity index (χ0v) is 9.38. The van der Waals surface area contributed by atoms with Crippen LogP contribution in [0.4, 0.5) is 0 Å². The molecule has 80 valence electrons. The average Bonchev–Trinajstić information content (AvgIpc) is 2.86. The van der Waals surface area contributed by atoms with Crippen molar-refractivity contribution in [3.63, 3.8) is 0 Å². The van der Waals surface area contributed by atoms with Gasteiger partial charge in [0.1, 0.15) is 5.82 Å². The first kappa shape index (κ1) is 9.21. The SMILES string of the molecule is Cn1ccnc1-c1ccc2ccn(C)c2c1. The van der Waals surface area contributed by atoms with E-state index in [0.29, 0.717) is 0 Å². The fraction of sp³-hybridized carbons (Fsp3) is 0.154. The lowest BCUT2D eigenvalue weighted by atomic mass is 10.1. The third-order valence-corrected chi connectivity index (χ3v) is 2.97. The van der Waals surface area contributed by atoms with E-state index in [4.69, 9.17) is 0 Å². The van der Waals surface area contributed by atoms with E-state index < -0.39 is 0 Å². The van der Waals surface area contributed by atoms with Gasteiger partial charge in [0.25, 0.3) is 0 Å². The highest BCUT2D eigenvalue weighted by Gasteiger charge is 2.05. The maximum atomic E-state index is 4.36. The van der Waals surface area contributed by atoms with Crippen LogP contribution in [0.25, 0.3) is 22.3 Å². The minimum Gasteiger partial charge on any atom is -0.351 e. The maximum Gasteiger partial charge on any atom is 0.139 e. The fourth-order valence-corrected chi connectivity index (χ4v) is 2.05. The van der Waals surface area contributed by atoms with Gasteiger partial charge in [-0.3, -0.25) is 0 Å². The lowest BCUT2D eigenvalue weighted by Gasteiger charge is -2.03. The summed E-state index contributed by atoms with van der Waals surface area (Å²) in [6.45, 7) is 0. The van der Waals surface area contributed by atoms with Crippen LogP contribution in [-0.4, -0.2) is 14.1 Å². The summed E-state index contributed by atoms with van der Waals surface area (Å²) in [5.74, 6) is 1.00. The molecular weight excluding hydrogens is 198 g/mol. The number of aryl methyl sites for hydroxylation is 2. The first-order chi connectivity index (χ1) is 7.75. The second-order valence-electron chi connectivity index (χ2n) is 4.06. The molecule has 1 aromatic carbocycles. The predicted octanol–water partition coefficient (Wildman–Crippen LogP) is 2.58. The molecule has 16 heavy (non-hydrogen) atoms. The molecule has 0 fully saturated rings. The van der Waals surface area contributed by atoms with Crippen molar-refractivity contribution < 1.29 is 0 Å². The molecular formula is C13H13N3. The molecule has 0 amide bonds. The van der Waals surface area contributed by atoms with Gasteiger partial charge in [-0.15, -0.1) is 0 Å². The van der Waals surface area contributed by atoms with Crippen LogP contribution in [0.3, 0.4) is 0 Å². The molecule has 0 saturated carbocycles. The van der Waals surface area contributed by atoms with Crippen molar-refractivity contribution in [2.24, 2.45) is 14.1 Å². The number of nitrogens with zero attached hydrogens (tertiary/aromatic N) is 3. The molecule has 3 aromatic rings. The van der Waals surface area contributed by atoms with E-state index in [9.17, 15) is 0 Å². The first-order valence-corrected chi connectivity index (χ1v) is 5.28. The lowest BCUT2D eigenvalue weighted by Crippen LogP contribution is -1.92. The Morgan fingerprint density at radius 3 is 2.62 bits per heavy atom. The van der Waals surface area contributed by atoms with Crippen molar-refractivity contribution in [3.8, 4) is 11.4 Å². The Bertz CT molecular complexity index is 646. The number of hydrogen-bond acceptors (Lipinski definition) is 1. The van der Waals surface area contributed by atoms with Gasteiger partial charge < -0.3 is 9.13 Å². The molecule has 0 aliphatic carbocycles. The molecule has 3 nitrogen and oxygen atoms in total. The van der Waals surface area contributed by atoms with E-state index in [2.05, 4.69) is 47.1 Å². The van der Waals surface area contributed by atoms with E-state index >= 15 is 0 Å². The van der Waals surface area contributed by atoms with Gasteiger partial charge in [0, 0.05) is 43.8 Å². The molecule has 0 saturated heterocycles. The molecule has 2 heterocycles. The molecule has 0 atom stereocenters. The second kappa shape index (κ2) is 3.23. The molecule has 2 aromatic heterocycles. The largest absolute Gasteiger partial charge is 0.351 e. The highest BCUT2D eigenvalue weighted by atomic mass is 15.0. The Labute approximate surface area is 94.0 Å². The van der Waals surface area contributed by atoms with Gasteiger partial charge in [0.2, 0.25) is 0 Å². The van der Waals surface area contributed by atoms with Crippen molar-refractivity contribution in [1.29, 1.82) is 0 Å². The molecule has 3 heteroatoms. The normalized spacial score (nSPS) is 11.1. The molecule has 3 rings (SSSR count). The predicted molar refractivity (Wildman–Crippen MR) is 65.1 cm³/mol. The molecule has 0 spiro atoms. The topological polar surface area (TPSA) is 22.8 Å². The van der Waals surface area contributed by atoms with Crippen LogP contribution in [0.5, 0.6) is 0 Å². The first-order valence-electron chi connectivity index (χ1n) is 5.28. The van der Waals surface area contributed by atoms with Crippen molar-refractivity contribution in [2.75, 3.05) is 0 Å². The Morgan fingerprint density at radius 1 is 1.00 bits per heavy atom. The maximum absolute atomic E-state index is 4.36. The van der Waals surface area contributed by atoms with E-state index in [-0.39, 0.29) is 0 Å². The molecule has 0 unspecified atom stereocenters. The smallest absolute Gasteiger partial charge is 0.139 e. The third-order valence-electron chi connectivity index (χ3n) is 2.97. The number of aromatic nitrogens is 3. The van der Waals surface area contributed by atoms with Gasteiger partial charge in [-0.25, -0.2) is 4.98 Å². The van der Waals surface area contributed by atoms with Crippen LogP contribution in [0, 0.1) is 0 Å². The highest BCUT2D eigenvalue weighted by molar-refractivity contribution is 5.84. The van der Waals surface area contributed by atoms with Gasteiger partial charge in [-0.1, -0.05) is 12.1 Å². The Balaban J connectivity index is 2.25. The molecule has 0 aliphatic heterocycles. The van der Waals surface area contributed by atoms with Gasteiger partial charge in [-0.05, 0) is 17.5 Å². The van der Waals surface area contributed by atoms with Gasteiger partial charge in [-0.2, -0.15) is 0 Å². The molecule has 0 radical (unpaired) electrons. The van der Waals surface area contributed by atoms with E-state index in [1.165, 1.54) is 10.9 Å². The monoisotopic (exact) mass is 211 g/mol. The standard InChI is InChI=1S/C13H13N3/c1-15-7-5-10-3-4-11(9-12(10)15)13-14-6-8-16(13)2/h3-9H,1-2H3. The van der Waals surface area contributed by atoms with Crippen LogP contribution in [0.1, 0.15) is 0 Å². The van der Waals surface area contributed by atoms with Crippen molar-refractivity contribution in [3.05, 3.63) is 42.9 Å². The Morgan fingerprint density at radius 2 is 1.88 bits per heavy atom. The summed E-state index contributed by atoms with van der Waals surface area (Å²) < 4.78 is 4.16. The van der Waals surface area contributed by atoms with Crippen LogP contribution in [0.15, 0.2) is 42.9 Å². The molecule has 0 bridgehead atoms. The zero-order valence-electron chi connectivity index (χ0n) is 9.38. The quantitative estimate of drug-likeness (QED) is 0.606. The van der Waals surface area contributed by atoms with Crippen molar-refractivity contribution >= 4 is 10.9 Å². The number of benzene rings is 1. The summed E-state index contributed by atoms with van der Waals surface area (Å²) in [7, 11) is 4.07. The average molecular weight is 211 g/mol. The van der Waals surface area contributed by atoms with Crippen molar-refractivity contribution in [2.45, 2.75) is 0 Å². The van der Waals surface area contributed by atoms with Crippen LogP contribution < -0.4 is 0 Å². The van der Waals surface area contributed by atoms with Crippen LogP contribution in [0.2, 0.25) is 0 Å². The molecule has 0 N–H and O–H groups in total. The van der Waals surface area contributed by atoms with Gasteiger partial charge in [0.15, 0.2) is 0 Å². The van der Waals surface area contributed by atoms with Gasteiger partial charge >= 0.3 is 0 Å². The zero-order chi connectivity index (χ0) is 11.1. The summed E-state index contributed by atoms with van der Waals surface area (Å²) >= 11 is 0.